The lowest BCUT2D eigenvalue weighted by molar-refractivity contribution is 0.112. The highest BCUT2D eigenvalue weighted by molar-refractivity contribution is 7.99. The van der Waals surface area contributed by atoms with E-state index < -0.39 is 0 Å². The molecule has 0 aromatic heterocycles. The van der Waals surface area contributed by atoms with E-state index in [1.54, 1.807) is 0 Å². The van der Waals surface area contributed by atoms with Gasteiger partial charge in [-0.25, -0.2) is 0 Å². The molecule has 2 nitrogen and oxygen atoms in total. The Balaban J connectivity index is 1.90. The Morgan fingerprint density at radius 1 is 1.12 bits per heavy atom. The van der Waals surface area contributed by atoms with Crippen LogP contribution in [0.1, 0.15) is 35.7 Å². The maximum absolute atomic E-state index is 11.2. The maximum atomic E-state index is 11.2. The number of carbonyl (C=O) groups is 1. The summed E-state index contributed by atoms with van der Waals surface area (Å²) in [5.41, 5.74) is 4.48. The summed E-state index contributed by atoms with van der Waals surface area (Å²) in [5.74, 6) is 2.53. The van der Waals surface area contributed by atoms with Crippen LogP contribution >= 0.6 is 11.8 Å². The number of hydrogen-bond donors (Lipinski definition) is 0. The van der Waals surface area contributed by atoms with Crippen molar-refractivity contribution in [3.63, 3.8) is 0 Å². The molecule has 1 fully saturated rings. The molecule has 0 aliphatic carbocycles. The molecule has 0 bridgehead atoms. The zero-order chi connectivity index (χ0) is 16.8. The fourth-order valence-corrected chi connectivity index (χ4v) is 4.57. The van der Waals surface area contributed by atoms with Gasteiger partial charge in [-0.15, -0.1) is 0 Å². The normalized spacial score (nSPS) is 15.6. The number of rotatable bonds is 6. The van der Waals surface area contributed by atoms with Gasteiger partial charge in [0.1, 0.15) is 6.29 Å². The molecule has 3 heteroatoms. The van der Waals surface area contributed by atoms with E-state index in [0.29, 0.717) is 6.04 Å². The summed E-state index contributed by atoms with van der Waals surface area (Å²) in [6.07, 6.45) is 3.49. The number of nitrogens with zero attached hydrogens (tertiary/aromatic N) is 1. The first-order chi connectivity index (χ1) is 11.8. The average Bonchev–Trinajstić information content (AvgIpc) is 2.67. The van der Waals surface area contributed by atoms with E-state index in [4.69, 9.17) is 0 Å². The van der Waals surface area contributed by atoms with Crippen LogP contribution in [0.25, 0.3) is 11.1 Å². The summed E-state index contributed by atoms with van der Waals surface area (Å²) in [5, 5.41) is 0. The van der Waals surface area contributed by atoms with Crippen LogP contribution in [0.2, 0.25) is 0 Å². The first kappa shape index (κ1) is 17.2. The molecule has 0 N–H and O–H groups in total. The van der Waals surface area contributed by atoms with Crippen molar-refractivity contribution < 1.29 is 4.79 Å². The van der Waals surface area contributed by atoms with Crippen molar-refractivity contribution in [2.45, 2.75) is 32.4 Å². The van der Waals surface area contributed by atoms with Crippen molar-refractivity contribution >= 4 is 18.0 Å². The topological polar surface area (TPSA) is 20.3 Å². The zero-order valence-electron chi connectivity index (χ0n) is 14.3. The molecular weight excluding hydrogens is 314 g/mol. The summed E-state index contributed by atoms with van der Waals surface area (Å²) in [6, 6.07) is 17.2. The smallest absolute Gasteiger partial charge is 0.150 e. The van der Waals surface area contributed by atoms with E-state index in [1.165, 1.54) is 41.0 Å². The Bertz CT molecular complexity index is 665. The van der Waals surface area contributed by atoms with Crippen molar-refractivity contribution in [3.8, 4) is 11.1 Å². The minimum atomic E-state index is 0.666. The van der Waals surface area contributed by atoms with Crippen molar-refractivity contribution in [1.29, 1.82) is 0 Å². The predicted molar refractivity (Wildman–Crippen MR) is 104 cm³/mol. The summed E-state index contributed by atoms with van der Waals surface area (Å²) < 4.78 is 0. The fraction of sp³-hybridized carbons (Fsp3) is 0.381. The number of benzene rings is 2. The molecule has 0 unspecified atom stereocenters. The van der Waals surface area contributed by atoms with Crippen LogP contribution in [0.4, 0.5) is 0 Å². The fourth-order valence-electron chi connectivity index (χ4n) is 3.49. The van der Waals surface area contributed by atoms with Gasteiger partial charge in [0.05, 0.1) is 0 Å². The van der Waals surface area contributed by atoms with Gasteiger partial charge in [-0.3, -0.25) is 9.69 Å². The molecule has 3 rings (SSSR count). The third-order valence-electron chi connectivity index (χ3n) is 4.84. The lowest BCUT2D eigenvalue weighted by Gasteiger charge is -2.34. The molecule has 0 saturated carbocycles. The predicted octanol–water partition coefficient (Wildman–Crippen LogP) is 4.88. The first-order valence-corrected chi connectivity index (χ1v) is 9.92. The van der Waals surface area contributed by atoms with Crippen LogP contribution in [0.15, 0.2) is 48.5 Å². The van der Waals surface area contributed by atoms with E-state index in [2.05, 4.69) is 60.0 Å². The second-order valence-electron chi connectivity index (χ2n) is 6.31. The lowest BCUT2D eigenvalue weighted by atomic mass is 9.96. The van der Waals surface area contributed by atoms with Gasteiger partial charge in [0.2, 0.25) is 0 Å². The molecular formula is C21H25NOS. The van der Waals surface area contributed by atoms with Gasteiger partial charge in [-0.1, -0.05) is 49.4 Å². The summed E-state index contributed by atoms with van der Waals surface area (Å²) >= 11 is 2.07. The van der Waals surface area contributed by atoms with E-state index in [0.717, 1.165) is 24.9 Å². The molecule has 1 saturated heterocycles. The third kappa shape index (κ3) is 4.08. The molecule has 1 heterocycles. The number of thioether (sulfide) groups is 1. The van der Waals surface area contributed by atoms with E-state index in [9.17, 15) is 4.79 Å². The highest BCUT2D eigenvalue weighted by Gasteiger charge is 2.21. The van der Waals surface area contributed by atoms with Crippen LogP contribution in [-0.4, -0.2) is 35.3 Å². The summed E-state index contributed by atoms with van der Waals surface area (Å²) in [4.78, 5) is 13.8. The zero-order valence-corrected chi connectivity index (χ0v) is 15.1. The Labute approximate surface area is 149 Å². The van der Waals surface area contributed by atoms with Gasteiger partial charge < -0.3 is 0 Å². The Morgan fingerprint density at radius 2 is 1.88 bits per heavy atom. The Kier molecular flexibility index (Phi) is 6.11. The average molecular weight is 340 g/mol. The molecule has 0 radical (unpaired) electrons. The SMILES string of the molecule is CCN(Cc1cc(C=O)ccc1-c1ccccc1)C1CCSCC1. The highest BCUT2D eigenvalue weighted by Crippen LogP contribution is 2.28. The number of carbonyl (C=O) groups excluding carboxylic acids is 1. The lowest BCUT2D eigenvalue weighted by Crippen LogP contribution is -2.37. The minimum absolute atomic E-state index is 0.666. The Morgan fingerprint density at radius 3 is 2.54 bits per heavy atom. The largest absolute Gasteiger partial charge is 0.298 e. The Hall–Kier alpha value is -1.58. The first-order valence-electron chi connectivity index (χ1n) is 8.77. The van der Waals surface area contributed by atoms with Crippen LogP contribution < -0.4 is 0 Å². The highest BCUT2D eigenvalue weighted by atomic mass is 32.2. The van der Waals surface area contributed by atoms with E-state index in [-0.39, 0.29) is 0 Å². The molecule has 126 valence electrons. The maximum Gasteiger partial charge on any atom is 0.150 e. The van der Waals surface area contributed by atoms with Gasteiger partial charge in [0.15, 0.2) is 0 Å². The molecule has 2 aromatic rings. The molecule has 24 heavy (non-hydrogen) atoms. The standard InChI is InChI=1S/C21H25NOS/c1-2-22(20-10-12-24-13-11-20)15-19-14-17(16-23)8-9-21(19)18-6-4-3-5-7-18/h3-9,14,16,20H,2,10-13,15H2,1H3. The number of hydrogen-bond acceptors (Lipinski definition) is 3. The van der Waals surface area contributed by atoms with Gasteiger partial charge in [0.25, 0.3) is 0 Å². The summed E-state index contributed by atoms with van der Waals surface area (Å²) in [6.45, 7) is 4.21. The van der Waals surface area contributed by atoms with Gasteiger partial charge in [-0.05, 0) is 53.6 Å². The summed E-state index contributed by atoms with van der Waals surface area (Å²) in [7, 11) is 0. The monoisotopic (exact) mass is 339 g/mol. The van der Waals surface area contributed by atoms with Crippen molar-refractivity contribution in [3.05, 3.63) is 59.7 Å². The van der Waals surface area contributed by atoms with Crippen molar-refractivity contribution in [2.24, 2.45) is 0 Å². The van der Waals surface area contributed by atoms with E-state index in [1.807, 2.05) is 12.1 Å². The quantitative estimate of drug-likeness (QED) is 0.699. The molecule has 1 aliphatic rings. The van der Waals surface area contributed by atoms with Gasteiger partial charge in [-0.2, -0.15) is 11.8 Å². The van der Waals surface area contributed by atoms with Crippen molar-refractivity contribution in [1.82, 2.24) is 4.90 Å². The second kappa shape index (κ2) is 8.50. The van der Waals surface area contributed by atoms with E-state index >= 15 is 0 Å². The van der Waals surface area contributed by atoms with Crippen LogP contribution in [-0.2, 0) is 6.54 Å². The molecule has 0 atom stereocenters. The third-order valence-corrected chi connectivity index (χ3v) is 5.89. The van der Waals surface area contributed by atoms with Gasteiger partial charge >= 0.3 is 0 Å². The molecule has 2 aromatic carbocycles. The van der Waals surface area contributed by atoms with Crippen LogP contribution in [0, 0.1) is 0 Å². The minimum Gasteiger partial charge on any atom is -0.298 e. The van der Waals surface area contributed by atoms with Crippen molar-refractivity contribution in [2.75, 3.05) is 18.1 Å². The second-order valence-corrected chi connectivity index (χ2v) is 7.53. The van der Waals surface area contributed by atoms with Gasteiger partial charge in [0, 0.05) is 18.2 Å². The molecule has 0 spiro atoms. The molecule has 0 amide bonds. The molecule has 1 aliphatic heterocycles. The van der Waals surface area contributed by atoms with Crippen LogP contribution in [0.3, 0.4) is 0 Å². The number of aldehydes is 1. The van der Waals surface area contributed by atoms with Crippen LogP contribution in [0.5, 0.6) is 0 Å².